The van der Waals surface area contributed by atoms with E-state index in [0.717, 1.165) is 11.0 Å². The van der Waals surface area contributed by atoms with Crippen molar-refractivity contribution in [1.82, 2.24) is 0 Å². The minimum absolute atomic E-state index is 0.0173. The van der Waals surface area contributed by atoms with Crippen molar-refractivity contribution in [3.05, 3.63) is 80.9 Å². The van der Waals surface area contributed by atoms with Crippen LogP contribution in [0.2, 0.25) is 5.02 Å². The van der Waals surface area contributed by atoms with Crippen LogP contribution in [0.4, 0.5) is 11.4 Å². The molecular weight excluding hydrogens is 452 g/mol. The summed E-state index contributed by atoms with van der Waals surface area (Å²) in [6, 6.07) is 9.29. The number of nitro groups is 1. The second-order valence-corrected chi connectivity index (χ2v) is 8.04. The lowest BCUT2D eigenvalue weighted by Crippen LogP contribution is -2.30. The predicted molar refractivity (Wildman–Crippen MR) is 117 cm³/mol. The summed E-state index contributed by atoms with van der Waals surface area (Å²) in [5.41, 5.74) is 0.0367. The van der Waals surface area contributed by atoms with Crippen molar-refractivity contribution in [2.75, 3.05) is 11.5 Å². The number of ether oxygens (including phenoxy) is 1. The summed E-state index contributed by atoms with van der Waals surface area (Å²) in [7, 11) is 0. The Bertz CT molecular complexity index is 1180. The van der Waals surface area contributed by atoms with E-state index in [1.807, 2.05) is 12.2 Å². The highest BCUT2D eigenvalue weighted by Gasteiger charge is 2.47. The van der Waals surface area contributed by atoms with Gasteiger partial charge in [-0.15, -0.1) is 0 Å². The van der Waals surface area contributed by atoms with Crippen molar-refractivity contribution in [2.24, 2.45) is 11.8 Å². The molecule has 0 radical (unpaired) electrons. The Hall–Kier alpha value is -3.85. The maximum atomic E-state index is 12.7. The normalized spacial score (nSPS) is 19.4. The van der Waals surface area contributed by atoms with Gasteiger partial charge >= 0.3 is 5.97 Å². The summed E-state index contributed by atoms with van der Waals surface area (Å²) in [5.74, 6) is -2.66. The lowest BCUT2D eigenvalue weighted by molar-refractivity contribution is -0.384. The lowest BCUT2D eigenvalue weighted by atomic mass is 9.85. The molecule has 2 aromatic rings. The minimum atomic E-state index is -0.796. The molecular formula is C23H17ClN2O7. The minimum Gasteiger partial charge on any atom is -0.454 e. The fourth-order valence-corrected chi connectivity index (χ4v) is 4.11. The first-order valence-corrected chi connectivity index (χ1v) is 10.4. The van der Waals surface area contributed by atoms with E-state index in [2.05, 4.69) is 0 Å². The second kappa shape index (κ2) is 8.95. The third kappa shape index (κ3) is 4.27. The molecule has 0 saturated carbocycles. The number of hydrogen-bond donors (Lipinski definition) is 0. The Balaban J connectivity index is 1.41. The summed E-state index contributed by atoms with van der Waals surface area (Å²) in [4.78, 5) is 61.3. The number of halogens is 1. The molecule has 1 heterocycles. The fourth-order valence-electron chi connectivity index (χ4n) is 3.93. The average molecular weight is 469 g/mol. The number of hydrogen-bond acceptors (Lipinski definition) is 7. The van der Waals surface area contributed by atoms with Crippen LogP contribution in [0.5, 0.6) is 0 Å². The van der Waals surface area contributed by atoms with Gasteiger partial charge in [0.05, 0.1) is 28.0 Å². The van der Waals surface area contributed by atoms with Gasteiger partial charge in [0, 0.05) is 11.6 Å². The number of anilines is 1. The standard InChI is InChI=1S/C23H17ClN2O7/c24-18-10-7-14(11-19(18)26(31)32)20(27)12-33-23(30)13-5-8-15(9-6-13)25-21(28)16-3-1-2-4-17(16)22(25)29/h1-2,5-11,16-17H,3-4,12H2. The number of Topliss-reactive ketones (excluding diaryl/α,β-unsaturated/α-hetero) is 1. The van der Waals surface area contributed by atoms with Gasteiger partial charge in [0.2, 0.25) is 17.6 Å². The van der Waals surface area contributed by atoms with Gasteiger partial charge in [-0.05, 0) is 49.2 Å². The molecule has 168 valence electrons. The number of ketones is 1. The smallest absolute Gasteiger partial charge is 0.338 e. The molecule has 4 rings (SSSR count). The van der Waals surface area contributed by atoms with Crippen LogP contribution in [0, 0.1) is 22.0 Å². The van der Waals surface area contributed by atoms with Crippen LogP contribution >= 0.6 is 11.6 Å². The SMILES string of the molecule is O=C(COC(=O)c1ccc(N2C(=O)C3CC=CCC3C2=O)cc1)c1ccc(Cl)c([N+](=O)[O-])c1. The molecule has 10 heteroatoms. The van der Waals surface area contributed by atoms with Gasteiger partial charge in [-0.25, -0.2) is 4.79 Å². The Morgan fingerprint density at radius 1 is 1.00 bits per heavy atom. The van der Waals surface area contributed by atoms with Crippen molar-refractivity contribution in [3.8, 4) is 0 Å². The van der Waals surface area contributed by atoms with Crippen LogP contribution in [-0.4, -0.2) is 35.1 Å². The highest BCUT2D eigenvalue weighted by molar-refractivity contribution is 6.32. The van der Waals surface area contributed by atoms with Gasteiger partial charge < -0.3 is 4.74 Å². The molecule has 2 unspecified atom stereocenters. The Morgan fingerprint density at radius 3 is 2.15 bits per heavy atom. The van der Waals surface area contributed by atoms with Gasteiger partial charge in [0.15, 0.2) is 6.61 Å². The van der Waals surface area contributed by atoms with Crippen LogP contribution < -0.4 is 4.90 Å². The molecule has 0 aromatic heterocycles. The number of allylic oxidation sites excluding steroid dienone is 2. The highest BCUT2D eigenvalue weighted by atomic mass is 35.5. The molecule has 2 atom stereocenters. The maximum absolute atomic E-state index is 12.7. The third-order valence-corrected chi connectivity index (χ3v) is 5.99. The number of nitro benzene ring substituents is 1. The molecule has 0 N–H and O–H groups in total. The van der Waals surface area contributed by atoms with E-state index >= 15 is 0 Å². The molecule has 1 aliphatic heterocycles. The van der Waals surface area contributed by atoms with Crippen molar-refractivity contribution in [1.29, 1.82) is 0 Å². The van der Waals surface area contributed by atoms with Crippen molar-refractivity contribution < 1.29 is 28.8 Å². The van der Waals surface area contributed by atoms with Crippen LogP contribution in [-0.2, 0) is 14.3 Å². The number of rotatable bonds is 6. The Kier molecular flexibility index (Phi) is 6.06. The molecule has 33 heavy (non-hydrogen) atoms. The van der Waals surface area contributed by atoms with Gasteiger partial charge in [-0.3, -0.25) is 29.4 Å². The molecule has 2 aromatic carbocycles. The first-order chi connectivity index (χ1) is 15.8. The van der Waals surface area contributed by atoms with E-state index in [0.29, 0.717) is 18.5 Å². The summed E-state index contributed by atoms with van der Waals surface area (Å²) in [6.07, 6.45) is 4.86. The first kappa shape index (κ1) is 22.3. The lowest BCUT2D eigenvalue weighted by Gasteiger charge is -2.15. The topological polar surface area (TPSA) is 124 Å². The zero-order chi connectivity index (χ0) is 23.7. The number of carbonyl (C=O) groups is 4. The third-order valence-electron chi connectivity index (χ3n) is 5.67. The number of benzene rings is 2. The fraction of sp³-hybridized carbons (Fsp3) is 0.217. The Morgan fingerprint density at radius 2 is 1.58 bits per heavy atom. The quantitative estimate of drug-likeness (QED) is 0.158. The summed E-state index contributed by atoms with van der Waals surface area (Å²) in [5, 5.41) is 10.8. The number of fused-ring (bicyclic) bond motifs is 1. The van der Waals surface area contributed by atoms with Crippen LogP contribution in [0.15, 0.2) is 54.6 Å². The van der Waals surface area contributed by atoms with E-state index in [1.165, 1.54) is 36.4 Å². The molecule has 1 aliphatic carbocycles. The summed E-state index contributed by atoms with van der Waals surface area (Å²) < 4.78 is 5.01. The summed E-state index contributed by atoms with van der Waals surface area (Å²) >= 11 is 5.73. The van der Waals surface area contributed by atoms with Gasteiger partial charge in [-0.2, -0.15) is 0 Å². The van der Waals surface area contributed by atoms with E-state index in [4.69, 9.17) is 16.3 Å². The second-order valence-electron chi connectivity index (χ2n) is 7.64. The summed E-state index contributed by atoms with van der Waals surface area (Å²) in [6.45, 7) is -0.626. The van der Waals surface area contributed by atoms with Crippen molar-refractivity contribution >= 4 is 46.5 Å². The molecule has 9 nitrogen and oxygen atoms in total. The maximum Gasteiger partial charge on any atom is 0.338 e. The highest BCUT2D eigenvalue weighted by Crippen LogP contribution is 2.37. The first-order valence-electron chi connectivity index (χ1n) is 10.0. The Labute approximate surface area is 192 Å². The van der Waals surface area contributed by atoms with Gasteiger partial charge in [0.25, 0.3) is 5.69 Å². The number of esters is 1. The van der Waals surface area contributed by atoms with E-state index in [-0.39, 0.29) is 39.8 Å². The zero-order valence-electron chi connectivity index (χ0n) is 17.1. The van der Waals surface area contributed by atoms with Gasteiger partial charge in [-0.1, -0.05) is 23.8 Å². The molecule has 2 aliphatic rings. The van der Waals surface area contributed by atoms with Crippen molar-refractivity contribution in [2.45, 2.75) is 12.8 Å². The number of imide groups is 1. The average Bonchev–Trinajstić information content (AvgIpc) is 3.07. The molecule has 0 bridgehead atoms. The predicted octanol–water partition coefficient (Wildman–Crippen LogP) is 3.74. The zero-order valence-corrected chi connectivity index (χ0v) is 17.9. The number of amides is 2. The molecule has 1 saturated heterocycles. The molecule has 0 spiro atoms. The molecule has 1 fully saturated rings. The van der Waals surface area contributed by atoms with Crippen LogP contribution in [0.1, 0.15) is 33.6 Å². The van der Waals surface area contributed by atoms with Crippen LogP contribution in [0.3, 0.4) is 0 Å². The number of carbonyl (C=O) groups excluding carboxylic acids is 4. The van der Waals surface area contributed by atoms with Gasteiger partial charge in [0.1, 0.15) is 5.02 Å². The van der Waals surface area contributed by atoms with E-state index < -0.39 is 29.0 Å². The number of nitrogens with zero attached hydrogens (tertiary/aromatic N) is 2. The monoisotopic (exact) mass is 468 g/mol. The van der Waals surface area contributed by atoms with Crippen LogP contribution in [0.25, 0.3) is 0 Å². The largest absolute Gasteiger partial charge is 0.454 e. The van der Waals surface area contributed by atoms with Crippen molar-refractivity contribution in [3.63, 3.8) is 0 Å². The van der Waals surface area contributed by atoms with E-state index in [9.17, 15) is 29.3 Å². The van der Waals surface area contributed by atoms with E-state index in [1.54, 1.807) is 0 Å². The molecule has 2 amide bonds.